The van der Waals surface area contributed by atoms with Gasteiger partial charge >= 0.3 is 0 Å². The molecule has 1 heterocycles. The van der Waals surface area contributed by atoms with Crippen molar-refractivity contribution >= 4 is 5.78 Å². The maximum absolute atomic E-state index is 13.1. The van der Waals surface area contributed by atoms with E-state index in [9.17, 15) is 9.18 Å². The fourth-order valence-corrected chi connectivity index (χ4v) is 2.22. The molecule has 2 rings (SSSR count). The lowest BCUT2D eigenvalue weighted by molar-refractivity contribution is 0.0906. The van der Waals surface area contributed by atoms with Crippen LogP contribution in [0.15, 0.2) is 18.2 Å². The molecule has 86 valence electrons. The summed E-state index contributed by atoms with van der Waals surface area (Å²) < 4.78 is 13.1. The molecule has 1 aliphatic rings. The molecule has 1 aromatic rings. The fraction of sp³-hybridized carbons (Fsp3) is 0.462. The van der Waals surface area contributed by atoms with Crippen LogP contribution in [-0.4, -0.2) is 18.9 Å². The largest absolute Gasteiger partial charge is 0.316 e. The first-order valence-corrected chi connectivity index (χ1v) is 5.60. The Labute approximate surface area is 94.9 Å². The minimum atomic E-state index is -0.340. The van der Waals surface area contributed by atoms with Crippen molar-refractivity contribution in [3.05, 3.63) is 35.1 Å². The topological polar surface area (TPSA) is 29.1 Å². The van der Waals surface area contributed by atoms with Crippen LogP contribution in [0.4, 0.5) is 4.39 Å². The van der Waals surface area contributed by atoms with Gasteiger partial charge in [-0.05, 0) is 37.1 Å². The molecular weight excluding hydrogens is 205 g/mol. The van der Waals surface area contributed by atoms with Crippen molar-refractivity contribution in [2.24, 2.45) is 11.8 Å². The van der Waals surface area contributed by atoms with E-state index in [-0.39, 0.29) is 17.5 Å². The van der Waals surface area contributed by atoms with Crippen molar-refractivity contribution in [2.45, 2.75) is 13.8 Å². The van der Waals surface area contributed by atoms with Crippen molar-refractivity contribution in [2.75, 3.05) is 13.1 Å². The number of Topliss-reactive ketones (excluding diaryl/α,β-unsaturated/α-hetero) is 1. The lowest BCUT2D eigenvalue weighted by atomic mass is 9.88. The average Bonchev–Trinajstić information content (AvgIpc) is 2.67. The van der Waals surface area contributed by atoms with Crippen LogP contribution in [0.3, 0.4) is 0 Å². The van der Waals surface area contributed by atoms with Gasteiger partial charge in [0.25, 0.3) is 0 Å². The Hall–Kier alpha value is -1.22. The molecule has 16 heavy (non-hydrogen) atoms. The van der Waals surface area contributed by atoms with E-state index in [1.165, 1.54) is 12.1 Å². The summed E-state index contributed by atoms with van der Waals surface area (Å²) in [4.78, 5) is 12.2. The number of aryl methyl sites for hydroxylation is 1. The van der Waals surface area contributed by atoms with E-state index >= 15 is 0 Å². The monoisotopic (exact) mass is 221 g/mol. The summed E-state index contributed by atoms with van der Waals surface area (Å²) in [6.45, 7) is 5.47. The predicted molar refractivity (Wildman–Crippen MR) is 61.0 cm³/mol. The van der Waals surface area contributed by atoms with Crippen LogP contribution >= 0.6 is 0 Å². The van der Waals surface area contributed by atoms with Crippen molar-refractivity contribution in [1.29, 1.82) is 0 Å². The summed E-state index contributed by atoms with van der Waals surface area (Å²) in [5.74, 6) is 0.0396. The third-order valence-electron chi connectivity index (χ3n) is 3.32. The molecule has 0 aliphatic carbocycles. The Balaban J connectivity index is 2.29. The number of nitrogens with one attached hydrogen (secondary N) is 1. The maximum atomic E-state index is 13.1. The van der Waals surface area contributed by atoms with Gasteiger partial charge in [-0.2, -0.15) is 0 Å². The van der Waals surface area contributed by atoms with Gasteiger partial charge in [0.2, 0.25) is 0 Å². The van der Waals surface area contributed by atoms with Gasteiger partial charge in [0.15, 0.2) is 5.78 Å². The molecular formula is C13H16FNO. The van der Waals surface area contributed by atoms with Gasteiger partial charge in [-0.3, -0.25) is 4.79 Å². The van der Waals surface area contributed by atoms with E-state index in [0.29, 0.717) is 18.0 Å². The molecule has 2 unspecified atom stereocenters. The minimum Gasteiger partial charge on any atom is -0.316 e. The van der Waals surface area contributed by atoms with Gasteiger partial charge in [-0.15, -0.1) is 0 Å². The highest BCUT2D eigenvalue weighted by Gasteiger charge is 2.30. The number of halogens is 1. The number of hydrogen-bond donors (Lipinski definition) is 1. The van der Waals surface area contributed by atoms with Gasteiger partial charge in [-0.1, -0.05) is 13.0 Å². The summed E-state index contributed by atoms with van der Waals surface area (Å²) in [5.41, 5.74) is 1.38. The summed E-state index contributed by atoms with van der Waals surface area (Å²) >= 11 is 0. The first-order chi connectivity index (χ1) is 7.59. The molecule has 1 fully saturated rings. The van der Waals surface area contributed by atoms with Crippen molar-refractivity contribution in [3.8, 4) is 0 Å². The zero-order valence-corrected chi connectivity index (χ0v) is 9.59. The first kappa shape index (κ1) is 11.3. The van der Waals surface area contributed by atoms with Crippen LogP contribution in [0.1, 0.15) is 22.8 Å². The lowest BCUT2D eigenvalue weighted by Crippen LogP contribution is -2.22. The number of ketones is 1. The van der Waals surface area contributed by atoms with Crippen LogP contribution < -0.4 is 5.32 Å². The average molecular weight is 221 g/mol. The van der Waals surface area contributed by atoms with Gasteiger partial charge in [-0.25, -0.2) is 4.39 Å². The minimum absolute atomic E-state index is 0.0134. The molecule has 1 aliphatic heterocycles. The van der Waals surface area contributed by atoms with Crippen molar-refractivity contribution in [3.63, 3.8) is 0 Å². The lowest BCUT2D eigenvalue weighted by Gasteiger charge is -2.14. The van der Waals surface area contributed by atoms with E-state index in [0.717, 1.165) is 12.1 Å². The molecule has 1 N–H and O–H groups in total. The van der Waals surface area contributed by atoms with Gasteiger partial charge in [0.1, 0.15) is 5.82 Å². The zero-order chi connectivity index (χ0) is 11.7. The van der Waals surface area contributed by atoms with E-state index in [4.69, 9.17) is 0 Å². The third kappa shape index (κ3) is 2.00. The second-order valence-corrected chi connectivity index (χ2v) is 4.57. The molecule has 2 nitrogen and oxygen atoms in total. The molecule has 0 radical (unpaired) electrons. The third-order valence-corrected chi connectivity index (χ3v) is 3.32. The van der Waals surface area contributed by atoms with E-state index in [1.54, 1.807) is 6.07 Å². The molecule has 1 aromatic carbocycles. The summed E-state index contributed by atoms with van der Waals surface area (Å²) in [6, 6.07) is 4.40. The molecule has 2 atom stereocenters. The van der Waals surface area contributed by atoms with E-state index in [2.05, 4.69) is 12.2 Å². The second-order valence-electron chi connectivity index (χ2n) is 4.57. The summed E-state index contributed by atoms with van der Waals surface area (Å²) in [6.07, 6.45) is 0. The van der Waals surface area contributed by atoms with Crippen LogP contribution in [0.5, 0.6) is 0 Å². The number of carbonyl (C=O) groups excluding carboxylic acids is 1. The highest BCUT2D eigenvalue weighted by molar-refractivity contribution is 5.99. The SMILES string of the molecule is Cc1ccc(F)cc1C(=O)C1CNCC1C. The normalized spacial score (nSPS) is 24.7. The maximum Gasteiger partial charge on any atom is 0.167 e. The first-order valence-electron chi connectivity index (χ1n) is 5.60. The van der Waals surface area contributed by atoms with Gasteiger partial charge in [0.05, 0.1) is 0 Å². The van der Waals surface area contributed by atoms with Crippen LogP contribution in [-0.2, 0) is 0 Å². The smallest absolute Gasteiger partial charge is 0.167 e. The van der Waals surface area contributed by atoms with Gasteiger partial charge in [0, 0.05) is 18.0 Å². The molecule has 1 saturated heterocycles. The Morgan fingerprint density at radius 3 is 2.81 bits per heavy atom. The highest BCUT2D eigenvalue weighted by atomic mass is 19.1. The Bertz CT molecular complexity index is 416. The molecule has 3 heteroatoms. The van der Waals surface area contributed by atoms with Crippen LogP contribution in [0.2, 0.25) is 0 Å². The number of hydrogen-bond acceptors (Lipinski definition) is 2. The predicted octanol–water partition coefficient (Wildman–Crippen LogP) is 2.17. The number of benzene rings is 1. The Morgan fingerprint density at radius 1 is 1.44 bits per heavy atom. The van der Waals surface area contributed by atoms with Crippen LogP contribution in [0.25, 0.3) is 0 Å². The fourth-order valence-electron chi connectivity index (χ4n) is 2.22. The quantitative estimate of drug-likeness (QED) is 0.775. The van der Waals surface area contributed by atoms with Crippen LogP contribution in [0, 0.1) is 24.6 Å². The van der Waals surface area contributed by atoms with E-state index in [1.807, 2.05) is 6.92 Å². The Kier molecular flexibility index (Phi) is 3.06. The Morgan fingerprint density at radius 2 is 2.19 bits per heavy atom. The zero-order valence-electron chi connectivity index (χ0n) is 9.59. The number of carbonyl (C=O) groups is 1. The second kappa shape index (κ2) is 4.34. The molecule has 0 aromatic heterocycles. The molecule has 0 bridgehead atoms. The van der Waals surface area contributed by atoms with E-state index < -0.39 is 0 Å². The molecule has 0 amide bonds. The van der Waals surface area contributed by atoms with Crippen molar-refractivity contribution in [1.82, 2.24) is 5.32 Å². The summed E-state index contributed by atoms with van der Waals surface area (Å²) in [7, 11) is 0. The molecule has 0 spiro atoms. The number of rotatable bonds is 2. The van der Waals surface area contributed by atoms with Gasteiger partial charge < -0.3 is 5.32 Å². The highest BCUT2D eigenvalue weighted by Crippen LogP contribution is 2.23. The standard InChI is InChI=1S/C13H16FNO/c1-8-3-4-10(14)5-11(8)13(16)12-7-15-6-9(12)2/h3-5,9,12,15H,6-7H2,1-2H3. The summed E-state index contributed by atoms with van der Waals surface area (Å²) in [5, 5.41) is 3.19. The molecule has 0 saturated carbocycles. The van der Waals surface area contributed by atoms with Crippen molar-refractivity contribution < 1.29 is 9.18 Å².